The molecule has 2 atom stereocenters. The largest absolute Gasteiger partial charge is 0.398 e. The lowest BCUT2D eigenvalue weighted by atomic mass is 9.77. The van der Waals surface area contributed by atoms with Crippen molar-refractivity contribution < 1.29 is 27.2 Å². The Bertz CT molecular complexity index is 1550. The lowest BCUT2D eigenvalue weighted by Crippen LogP contribution is -2.36. The number of halogens is 4. The van der Waals surface area contributed by atoms with Gasteiger partial charge in [0.2, 0.25) is 0 Å². The Labute approximate surface area is 242 Å². The van der Waals surface area contributed by atoms with Crippen LogP contribution in [0.2, 0.25) is 0 Å². The second-order valence-corrected chi connectivity index (χ2v) is 10.00. The van der Waals surface area contributed by atoms with Crippen LogP contribution in [0.1, 0.15) is 66.1 Å². The van der Waals surface area contributed by atoms with Gasteiger partial charge in [0.1, 0.15) is 29.4 Å². The number of aldehydes is 1. The molecule has 0 aliphatic carbocycles. The Morgan fingerprint density at radius 1 is 1.10 bits per heavy atom. The van der Waals surface area contributed by atoms with Crippen LogP contribution < -0.4 is 11.1 Å². The fraction of sp³-hybridized carbons (Fsp3) is 0.355. The number of pyridine rings is 2. The minimum absolute atomic E-state index is 0.0169. The Kier molecular flexibility index (Phi) is 10.2. The summed E-state index contributed by atoms with van der Waals surface area (Å²) in [5.74, 6) is -3.43. The van der Waals surface area contributed by atoms with Crippen molar-refractivity contribution in [3.63, 3.8) is 0 Å². The molecule has 0 saturated heterocycles. The van der Waals surface area contributed by atoms with Crippen molar-refractivity contribution >= 4 is 17.8 Å². The van der Waals surface area contributed by atoms with Crippen LogP contribution in [0.25, 0.3) is 16.9 Å². The third-order valence-corrected chi connectivity index (χ3v) is 7.37. The van der Waals surface area contributed by atoms with Gasteiger partial charge in [-0.3, -0.25) is 9.78 Å². The molecule has 3 heterocycles. The molecule has 11 heteroatoms. The first-order valence-corrected chi connectivity index (χ1v) is 13.6. The molecule has 4 rings (SSSR count). The lowest BCUT2D eigenvalue weighted by Gasteiger charge is -2.29. The van der Waals surface area contributed by atoms with Gasteiger partial charge in [-0.15, -0.1) is 0 Å². The molecule has 4 aromatic rings. The summed E-state index contributed by atoms with van der Waals surface area (Å²) in [7, 11) is 1.50. The second-order valence-electron chi connectivity index (χ2n) is 10.00. The summed E-state index contributed by atoms with van der Waals surface area (Å²) >= 11 is 0. The highest BCUT2D eigenvalue weighted by molar-refractivity contribution is 5.93. The van der Waals surface area contributed by atoms with Crippen LogP contribution in [0.4, 0.5) is 17.6 Å². The van der Waals surface area contributed by atoms with Crippen LogP contribution in [0.3, 0.4) is 0 Å². The zero-order valence-electron chi connectivity index (χ0n) is 24.2. The Balaban J connectivity index is 0.00000237. The number of hydrogen-bond acceptors (Lipinski definition) is 5. The van der Waals surface area contributed by atoms with Crippen LogP contribution in [-0.2, 0) is 16.6 Å². The number of carbonyl (C=O) groups is 2. The first-order chi connectivity index (χ1) is 19.9. The maximum atomic E-state index is 14.5. The van der Waals surface area contributed by atoms with E-state index in [-0.39, 0.29) is 17.1 Å². The zero-order chi connectivity index (χ0) is 31.2. The van der Waals surface area contributed by atoms with Crippen LogP contribution in [0.5, 0.6) is 0 Å². The number of carbonyl (C=O) groups excluding carboxylic acids is 2. The van der Waals surface area contributed by atoms with Crippen molar-refractivity contribution in [2.45, 2.75) is 58.0 Å². The van der Waals surface area contributed by atoms with Crippen LogP contribution in [-0.4, -0.2) is 46.3 Å². The minimum Gasteiger partial charge on any atom is -0.350 e. The summed E-state index contributed by atoms with van der Waals surface area (Å²) in [5.41, 5.74) is 6.08. The van der Waals surface area contributed by atoms with E-state index in [1.54, 1.807) is 30.4 Å². The molecule has 0 spiro atoms. The number of amides is 1. The Hall–Kier alpha value is -4.12. The maximum Gasteiger partial charge on any atom is 0.398 e. The number of nitrogens with one attached hydrogen (secondary N) is 1. The molecule has 1 aromatic carbocycles. The number of nitrogens with two attached hydrogens (primary N) is 1. The average Bonchev–Trinajstić information content (AvgIpc) is 3.43. The fourth-order valence-electron chi connectivity index (χ4n) is 4.75. The molecule has 7 nitrogen and oxygen atoms in total. The Morgan fingerprint density at radius 2 is 1.76 bits per heavy atom. The summed E-state index contributed by atoms with van der Waals surface area (Å²) < 4.78 is 58.9. The fourth-order valence-corrected chi connectivity index (χ4v) is 4.75. The lowest BCUT2D eigenvalue weighted by molar-refractivity contribution is -0.149. The highest BCUT2D eigenvalue weighted by Gasteiger charge is 2.43. The topological polar surface area (TPSA) is 102 Å². The van der Waals surface area contributed by atoms with E-state index < -0.39 is 35.8 Å². The van der Waals surface area contributed by atoms with E-state index in [4.69, 9.17) is 0 Å². The number of rotatable bonds is 9. The molecule has 224 valence electrons. The van der Waals surface area contributed by atoms with E-state index in [1.807, 2.05) is 19.9 Å². The van der Waals surface area contributed by atoms with Gasteiger partial charge in [0.05, 0.1) is 11.4 Å². The van der Waals surface area contributed by atoms with E-state index in [0.29, 0.717) is 35.2 Å². The number of imidazole rings is 1. The van der Waals surface area contributed by atoms with E-state index in [9.17, 15) is 27.2 Å². The van der Waals surface area contributed by atoms with Crippen molar-refractivity contribution in [2.75, 3.05) is 13.6 Å². The molecule has 2 unspecified atom stereocenters. The maximum absolute atomic E-state index is 14.5. The van der Waals surface area contributed by atoms with Crippen molar-refractivity contribution in [3.8, 4) is 11.3 Å². The molecule has 0 bridgehead atoms. The highest BCUT2D eigenvalue weighted by Crippen LogP contribution is 2.40. The van der Waals surface area contributed by atoms with Gasteiger partial charge in [-0.2, -0.15) is 13.2 Å². The third-order valence-electron chi connectivity index (χ3n) is 7.37. The number of alkyl halides is 3. The number of aromatic nitrogens is 3. The van der Waals surface area contributed by atoms with E-state index in [0.717, 1.165) is 12.0 Å². The second kappa shape index (κ2) is 13.2. The normalized spacial score (nSPS) is 13.6. The first kappa shape index (κ1) is 32.4. The van der Waals surface area contributed by atoms with Gasteiger partial charge < -0.3 is 20.2 Å². The van der Waals surface area contributed by atoms with Crippen molar-refractivity contribution in [3.05, 3.63) is 88.8 Å². The van der Waals surface area contributed by atoms with Crippen LogP contribution >= 0.6 is 0 Å². The van der Waals surface area contributed by atoms with Crippen LogP contribution in [0.15, 0.2) is 54.7 Å². The highest BCUT2D eigenvalue weighted by atomic mass is 19.4. The monoisotopic (exact) mass is 585 g/mol. The van der Waals surface area contributed by atoms with E-state index in [2.05, 4.69) is 21.0 Å². The van der Waals surface area contributed by atoms with Crippen molar-refractivity contribution in [1.29, 1.82) is 0 Å². The van der Waals surface area contributed by atoms with Crippen LogP contribution in [0, 0.1) is 12.7 Å². The smallest absolute Gasteiger partial charge is 0.350 e. The predicted octanol–water partition coefficient (Wildman–Crippen LogP) is 5.92. The molecular weight excluding hydrogens is 550 g/mol. The average molecular weight is 586 g/mol. The number of hydrogen-bond donors (Lipinski definition) is 2. The van der Waals surface area contributed by atoms with Gasteiger partial charge in [-0.05, 0) is 87.3 Å². The van der Waals surface area contributed by atoms with Gasteiger partial charge in [0.25, 0.3) is 5.91 Å². The standard InChI is InChI=1S/C30H30F4N4O2.CH5N/c1-5-21-22(29(4,6-2)17-39)14-24(37-27(21)19-10-12-20(31)13-11-19)23(30(32,33)34)15-35-28(40)25-16-38-18(3)8-7-9-26(38)36-25;1-2/h7-14,16-17,23H,5-6,15H2,1-4H3,(H,35,40);2H2,1H3. The summed E-state index contributed by atoms with van der Waals surface area (Å²) in [4.78, 5) is 33.7. The molecule has 0 aliphatic rings. The summed E-state index contributed by atoms with van der Waals surface area (Å²) in [6, 6.07) is 11.9. The molecule has 1 amide bonds. The molecule has 3 N–H and O–H groups in total. The summed E-state index contributed by atoms with van der Waals surface area (Å²) in [6.07, 6.45) is -1.84. The van der Waals surface area contributed by atoms with Gasteiger partial charge in [0.15, 0.2) is 0 Å². The van der Waals surface area contributed by atoms with Crippen molar-refractivity contribution in [1.82, 2.24) is 19.7 Å². The number of nitrogens with zero attached hydrogens (tertiary/aromatic N) is 3. The van der Waals surface area contributed by atoms with Gasteiger partial charge in [-0.25, -0.2) is 9.37 Å². The predicted molar refractivity (Wildman–Crippen MR) is 154 cm³/mol. The Morgan fingerprint density at radius 3 is 2.31 bits per heavy atom. The van der Waals surface area contributed by atoms with Gasteiger partial charge in [-0.1, -0.05) is 19.9 Å². The van der Waals surface area contributed by atoms with Gasteiger partial charge >= 0.3 is 6.18 Å². The summed E-state index contributed by atoms with van der Waals surface area (Å²) in [5, 5.41) is 2.37. The number of aryl methyl sites for hydroxylation is 1. The quantitative estimate of drug-likeness (QED) is 0.187. The van der Waals surface area contributed by atoms with Crippen molar-refractivity contribution in [2.24, 2.45) is 5.73 Å². The third kappa shape index (κ3) is 6.67. The first-order valence-electron chi connectivity index (χ1n) is 13.6. The molecule has 0 radical (unpaired) electrons. The molecule has 0 fully saturated rings. The molecule has 0 aliphatic heterocycles. The molecule has 0 saturated carbocycles. The van der Waals surface area contributed by atoms with E-state index in [1.165, 1.54) is 43.6 Å². The number of benzene rings is 1. The molecule has 42 heavy (non-hydrogen) atoms. The minimum atomic E-state index is -4.77. The number of fused-ring (bicyclic) bond motifs is 1. The SMILES string of the molecule is CCc1c(C(C)(C=O)CC)cc(C(CNC(=O)c2cn3c(C)cccc3n2)C(F)(F)F)nc1-c1ccc(F)cc1.CN. The zero-order valence-corrected chi connectivity index (χ0v) is 24.2. The van der Waals surface area contributed by atoms with Gasteiger partial charge in [0, 0.05) is 29.4 Å². The summed E-state index contributed by atoms with van der Waals surface area (Å²) in [6.45, 7) is 6.30. The molecular formula is C31H35F4N5O2. The van der Waals surface area contributed by atoms with E-state index >= 15 is 0 Å². The molecule has 3 aromatic heterocycles.